The molecular weight excluding hydrogens is 503 g/mol. The maximum absolute atomic E-state index is 12.9. The van der Waals surface area contributed by atoms with Gasteiger partial charge in [-0.1, -0.05) is 29.3 Å². The minimum absolute atomic E-state index is 0.0247. The maximum Gasteiger partial charge on any atom is 0.309 e. The van der Waals surface area contributed by atoms with Gasteiger partial charge in [0.25, 0.3) is 5.91 Å². The van der Waals surface area contributed by atoms with Gasteiger partial charge in [0.15, 0.2) is 16.4 Å². The topological polar surface area (TPSA) is 118 Å². The van der Waals surface area contributed by atoms with Crippen LogP contribution in [0.3, 0.4) is 0 Å². The number of likely N-dealkylation sites (N-methyl/N-ethyl adjacent to an activating group) is 1. The number of esters is 1. The molecule has 0 aromatic heterocycles. The molecule has 1 aromatic rings. The Morgan fingerprint density at radius 2 is 1.75 bits per heavy atom. The highest BCUT2D eigenvalue weighted by Crippen LogP contribution is 2.33. The standard InChI is InChI=1S/C19H24Cl2N2O7S2/c1-22(14-7-10-31(26,27)12-14)17(24)11-30-19(25)13-5-8-23(9-6-13)32(28,29)18-15(20)3-2-4-16(18)21/h2-4,13-14H,5-12H2,1H3/t14-/m0/s1. The fourth-order valence-electron chi connectivity index (χ4n) is 3.83. The van der Waals surface area contributed by atoms with Gasteiger partial charge in [-0.15, -0.1) is 0 Å². The summed E-state index contributed by atoms with van der Waals surface area (Å²) < 4.78 is 55.3. The molecule has 3 rings (SSSR count). The number of sulfone groups is 1. The second kappa shape index (κ2) is 9.84. The number of hydrogen-bond donors (Lipinski definition) is 0. The van der Waals surface area contributed by atoms with E-state index in [4.69, 9.17) is 27.9 Å². The van der Waals surface area contributed by atoms with Crippen molar-refractivity contribution in [1.29, 1.82) is 0 Å². The molecule has 1 amide bonds. The summed E-state index contributed by atoms with van der Waals surface area (Å²) in [6.07, 6.45) is 0.816. The van der Waals surface area contributed by atoms with Crippen LogP contribution < -0.4 is 0 Å². The first-order valence-corrected chi connectivity index (χ1v) is 14.0. The van der Waals surface area contributed by atoms with Gasteiger partial charge < -0.3 is 9.64 Å². The average molecular weight is 527 g/mol. The lowest BCUT2D eigenvalue weighted by molar-refractivity contribution is -0.156. The number of halogens is 2. The Balaban J connectivity index is 1.52. The SMILES string of the molecule is CN(C(=O)COC(=O)C1CCN(S(=O)(=O)c2c(Cl)cccc2Cl)CC1)[C@H]1CCS(=O)(=O)C1. The Bertz CT molecular complexity index is 1080. The summed E-state index contributed by atoms with van der Waals surface area (Å²) in [6.45, 7) is -0.325. The molecule has 0 spiro atoms. The Hall–Kier alpha value is -1.40. The summed E-state index contributed by atoms with van der Waals surface area (Å²) in [5, 5.41) is 0.0495. The van der Waals surface area contributed by atoms with E-state index in [2.05, 4.69) is 0 Å². The molecule has 2 heterocycles. The van der Waals surface area contributed by atoms with E-state index in [1.165, 1.54) is 28.4 Å². The van der Waals surface area contributed by atoms with Gasteiger partial charge in [0, 0.05) is 26.2 Å². The van der Waals surface area contributed by atoms with E-state index in [1.54, 1.807) is 6.07 Å². The Morgan fingerprint density at radius 1 is 1.16 bits per heavy atom. The lowest BCUT2D eigenvalue weighted by Gasteiger charge is -2.30. The van der Waals surface area contributed by atoms with Crippen molar-refractivity contribution in [3.8, 4) is 0 Å². The van der Waals surface area contributed by atoms with Gasteiger partial charge in [-0.2, -0.15) is 4.31 Å². The summed E-state index contributed by atoms with van der Waals surface area (Å²) in [5.74, 6) is -1.66. The molecule has 0 N–H and O–H groups in total. The normalized spacial score (nSPS) is 21.9. The molecule has 2 fully saturated rings. The zero-order valence-electron chi connectivity index (χ0n) is 17.4. The van der Waals surface area contributed by atoms with Crippen LogP contribution in [0.5, 0.6) is 0 Å². The van der Waals surface area contributed by atoms with Crippen molar-refractivity contribution in [2.24, 2.45) is 5.92 Å². The highest BCUT2D eigenvalue weighted by molar-refractivity contribution is 7.91. The molecule has 0 aliphatic carbocycles. The summed E-state index contributed by atoms with van der Waals surface area (Å²) in [4.78, 5) is 25.8. The third-order valence-electron chi connectivity index (χ3n) is 5.79. The number of sulfonamides is 1. The van der Waals surface area contributed by atoms with Crippen molar-refractivity contribution in [3.63, 3.8) is 0 Å². The van der Waals surface area contributed by atoms with Gasteiger partial charge in [-0.05, 0) is 31.4 Å². The molecule has 2 aliphatic heterocycles. The molecule has 2 saturated heterocycles. The van der Waals surface area contributed by atoms with E-state index in [9.17, 15) is 26.4 Å². The third kappa shape index (κ3) is 5.56. The zero-order chi connectivity index (χ0) is 23.7. The van der Waals surface area contributed by atoms with E-state index < -0.39 is 50.3 Å². The monoisotopic (exact) mass is 526 g/mol. The summed E-state index contributed by atoms with van der Waals surface area (Å²) in [7, 11) is -5.57. The minimum Gasteiger partial charge on any atom is -0.455 e. The van der Waals surface area contributed by atoms with Crippen molar-refractivity contribution >= 4 is 54.9 Å². The summed E-state index contributed by atoms with van der Waals surface area (Å²) >= 11 is 12.1. The van der Waals surface area contributed by atoms with Crippen molar-refractivity contribution < 1.29 is 31.2 Å². The highest BCUT2D eigenvalue weighted by atomic mass is 35.5. The van der Waals surface area contributed by atoms with Crippen LogP contribution in [0.4, 0.5) is 0 Å². The fourth-order valence-corrected chi connectivity index (χ4v) is 8.16. The molecule has 1 atom stereocenters. The van der Waals surface area contributed by atoms with Crippen molar-refractivity contribution in [3.05, 3.63) is 28.2 Å². The predicted molar refractivity (Wildman–Crippen MR) is 119 cm³/mol. The van der Waals surface area contributed by atoms with E-state index in [-0.39, 0.29) is 52.4 Å². The number of ether oxygens (including phenoxy) is 1. The third-order valence-corrected chi connectivity index (χ3v) is 10.4. The lowest BCUT2D eigenvalue weighted by atomic mass is 9.98. The molecule has 1 aromatic carbocycles. The fraction of sp³-hybridized carbons (Fsp3) is 0.579. The van der Waals surface area contributed by atoms with Crippen LogP contribution in [0.15, 0.2) is 23.1 Å². The van der Waals surface area contributed by atoms with E-state index in [1.807, 2.05) is 0 Å². The highest BCUT2D eigenvalue weighted by Gasteiger charge is 2.36. The van der Waals surface area contributed by atoms with E-state index >= 15 is 0 Å². The summed E-state index contributed by atoms with van der Waals surface area (Å²) in [6, 6.07) is 4.02. The Morgan fingerprint density at radius 3 is 2.28 bits per heavy atom. The first-order valence-electron chi connectivity index (χ1n) is 9.99. The number of carbonyl (C=O) groups excluding carboxylic acids is 2. The Kier molecular flexibility index (Phi) is 7.76. The number of piperidine rings is 1. The Labute approximate surface area is 197 Å². The molecule has 9 nitrogen and oxygen atoms in total. The number of rotatable bonds is 6. The van der Waals surface area contributed by atoms with Gasteiger partial charge in [0.1, 0.15) is 4.90 Å². The number of amides is 1. The molecule has 32 heavy (non-hydrogen) atoms. The van der Waals surface area contributed by atoms with E-state index in [0.29, 0.717) is 6.42 Å². The quantitative estimate of drug-likeness (QED) is 0.516. The molecule has 0 unspecified atom stereocenters. The van der Waals surface area contributed by atoms with Gasteiger partial charge in [0.2, 0.25) is 10.0 Å². The minimum atomic E-state index is -3.92. The van der Waals surface area contributed by atoms with E-state index in [0.717, 1.165) is 0 Å². The van der Waals surface area contributed by atoms with Crippen molar-refractivity contribution in [1.82, 2.24) is 9.21 Å². The molecule has 178 valence electrons. The molecule has 0 saturated carbocycles. The maximum atomic E-state index is 12.9. The van der Waals surface area contributed by atoms with Crippen LogP contribution in [-0.4, -0.2) is 82.2 Å². The number of benzene rings is 1. The zero-order valence-corrected chi connectivity index (χ0v) is 20.5. The van der Waals surface area contributed by atoms with Crippen LogP contribution in [0.25, 0.3) is 0 Å². The number of nitrogens with zero attached hydrogens (tertiary/aromatic N) is 2. The number of carbonyl (C=O) groups is 2. The molecular formula is C19H24Cl2N2O7S2. The van der Waals surface area contributed by atoms with Gasteiger partial charge in [-0.25, -0.2) is 16.8 Å². The van der Waals surface area contributed by atoms with Gasteiger partial charge in [-0.3, -0.25) is 9.59 Å². The van der Waals surface area contributed by atoms with Gasteiger partial charge >= 0.3 is 5.97 Å². The first-order chi connectivity index (χ1) is 14.9. The first kappa shape index (κ1) is 25.2. The van der Waals surface area contributed by atoms with Gasteiger partial charge in [0.05, 0.1) is 27.5 Å². The van der Waals surface area contributed by atoms with Crippen LogP contribution in [-0.2, 0) is 34.2 Å². The molecule has 13 heteroatoms. The molecule has 0 radical (unpaired) electrons. The summed E-state index contributed by atoms with van der Waals surface area (Å²) in [5.41, 5.74) is 0. The smallest absolute Gasteiger partial charge is 0.309 e. The van der Waals surface area contributed by atoms with Crippen LogP contribution in [0, 0.1) is 5.92 Å². The molecule has 0 bridgehead atoms. The van der Waals surface area contributed by atoms with Crippen molar-refractivity contribution in [2.75, 3.05) is 38.2 Å². The second-order valence-corrected chi connectivity index (χ2v) is 12.8. The van der Waals surface area contributed by atoms with Crippen LogP contribution in [0.1, 0.15) is 19.3 Å². The lowest BCUT2D eigenvalue weighted by Crippen LogP contribution is -2.42. The van der Waals surface area contributed by atoms with Crippen molar-refractivity contribution in [2.45, 2.75) is 30.2 Å². The average Bonchev–Trinajstić information content (AvgIpc) is 3.10. The van der Waals surface area contributed by atoms with Crippen LogP contribution in [0.2, 0.25) is 10.0 Å². The largest absolute Gasteiger partial charge is 0.455 e. The second-order valence-electron chi connectivity index (χ2n) is 7.90. The van der Waals surface area contributed by atoms with Crippen LogP contribution >= 0.6 is 23.2 Å². The predicted octanol–water partition coefficient (Wildman–Crippen LogP) is 1.58. The number of hydrogen-bond acceptors (Lipinski definition) is 7. The molecule has 2 aliphatic rings.